The Labute approximate surface area is 178 Å². The van der Waals surface area contributed by atoms with E-state index < -0.39 is 0 Å². The Bertz CT molecular complexity index is 1060. The fourth-order valence-corrected chi connectivity index (χ4v) is 4.80. The fourth-order valence-electron chi connectivity index (χ4n) is 3.85. The van der Waals surface area contributed by atoms with Crippen LogP contribution in [-0.2, 0) is 18.7 Å². The second kappa shape index (κ2) is 8.57. The summed E-state index contributed by atoms with van der Waals surface area (Å²) in [4.78, 5) is 16.9. The zero-order chi connectivity index (χ0) is 20.3. The predicted octanol–water partition coefficient (Wildman–Crippen LogP) is 0.830. The number of aromatic nitrogens is 6. The number of fused-ring (bicyclic) bond motifs is 1. The van der Waals surface area contributed by atoms with Crippen molar-refractivity contribution < 1.29 is 0 Å². The normalized spacial score (nSPS) is 17.1. The smallest absolute Gasteiger partial charge is 0.266 e. The highest BCUT2D eigenvalue weighted by molar-refractivity contribution is 7.98. The number of rotatable bonds is 5. The lowest BCUT2D eigenvalue weighted by Crippen LogP contribution is -2.48. The summed E-state index contributed by atoms with van der Waals surface area (Å²) in [5.74, 6) is 3.81. The van der Waals surface area contributed by atoms with Crippen LogP contribution in [0.4, 0.5) is 5.82 Å². The minimum atomic E-state index is -0.0910. The molecule has 156 valence electrons. The molecule has 0 N–H and O–H groups in total. The summed E-state index contributed by atoms with van der Waals surface area (Å²) in [7, 11) is 0. The van der Waals surface area contributed by atoms with E-state index in [4.69, 9.17) is 0 Å². The zero-order valence-corrected chi connectivity index (χ0v) is 17.5. The second-order valence-corrected chi connectivity index (χ2v) is 8.61. The Kier molecular flexibility index (Phi) is 5.50. The zero-order valence-electron chi connectivity index (χ0n) is 16.7. The third-order valence-electron chi connectivity index (χ3n) is 5.60. The first-order valence-electron chi connectivity index (χ1n) is 10.2. The molecular weight excluding hydrogens is 400 g/mol. The van der Waals surface area contributed by atoms with E-state index in [2.05, 4.69) is 36.3 Å². The summed E-state index contributed by atoms with van der Waals surface area (Å²) >= 11 is 1.97. The quantitative estimate of drug-likeness (QED) is 0.596. The lowest BCUT2D eigenvalue weighted by atomic mass is 10.2. The molecule has 0 aromatic carbocycles. The van der Waals surface area contributed by atoms with Crippen molar-refractivity contribution in [1.29, 1.82) is 0 Å². The molecule has 0 radical (unpaired) electrons. The molecule has 0 bridgehead atoms. The van der Waals surface area contributed by atoms with Crippen molar-refractivity contribution in [2.75, 3.05) is 43.4 Å². The van der Waals surface area contributed by atoms with Crippen LogP contribution in [0.3, 0.4) is 0 Å². The molecule has 5 heterocycles. The Morgan fingerprint density at radius 1 is 1.03 bits per heavy atom. The van der Waals surface area contributed by atoms with Gasteiger partial charge in [-0.15, -0.1) is 10.2 Å². The molecule has 0 unspecified atom stereocenters. The molecule has 9 nitrogen and oxygen atoms in total. The van der Waals surface area contributed by atoms with Crippen LogP contribution in [-0.4, -0.2) is 73.1 Å². The topological polar surface area (TPSA) is 85.0 Å². The molecule has 0 amide bonds. The molecule has 0 saturated carbocycles. The number of hydrogen-bond acceptors (Lipinski definition) is 8. The Hall–Kier alpha value is -2.72. The largest absolute Gasteiger partial charge is 0.353 e. The first kappa shape index (κ1) is 19.3. The van der Waals surface area contributed by atoms with Gasteiger partial charge in [0.25, 0.3) is 5.56 Å². The van der Waals surface area contributed by atoms with Gasteiger partial charge in [0.05, 0.1) is 12.2 Å². The average molecular weight is 425 g/mol. The summed E-state index contributed by atoms with van der Waals surface area (Å²) in [5.41, 5.74) is 2.40. The van der Waals surface area contributed by atoms with E-state index in [1.165, 1.54) is 10.2 Å². The maximum absolute atomic E-state index is 12.2. The van der Waals surface area contributed by atoms with Gasteiger partial charge in [0.1, 0.15) is 0 Å². The molecule has 3 aromatic rings. The van der Waals surface area contributed by atoms with Crippen molar-refractivity contribution in [2.45, 2.75) is 18.7 Å². The van der Waals surface area contributed by atoms with Gasteiger partial charge in [-0.2, -0.15) is 22.0 Å². The van der Waals surface area contributed by atoms with Crippen LogP contribution >= 0.6 is 11.8 Å². The van der Waals surface area contributed by atoms with Crippen molar-refractivity contribution in [1.82, 2.24) is 34.7 Å². The van der Waals surface area contributed by atoms with E-state index in [9.17, 15) is 4.79 Å². The van der Waals surface area contributed by atoms with Gasteiger partial charge in [-0.05, 0) is 29.5 Å². The molecule has 1 saturated heterocycles. The first-order chi connectivity index (χ1) is 14.8. The van der Waals surface area contributed by atoms with E-state index in [0.29, 0.717) is 12.4 Å². The number of nitrogens with zero attached hydrogens (tertiary/aromatic N) is 8. The molecule has 2 aliphatic heterocycles. The third kappa shape index (κ3) is 4.10. The molecule has 0 spiro atoms. The van der Waals surface area contributed by atoms with Crippen molar-refractivity contribution >= 4 is 17.6 Å². The number of aryl methyl sites for hydroxylation is 1. The molecule has 3 aromatic heterocycles. The van der Waals surface area contributed by atoms with Gasteiger partial charge < -0.3 is 4.90 Å². The van der Waals surface area contributed by atoms with Crippen molar-refractivity contribution in [3.63, 3.8) is 0 Å². The predicted molar refractivity (Wildman–Crippen MR) is 116 cm³/mol. The SMILES string of the molecule is O=c1ccc(-n2cccn2)nn1CCN1CCN(c2cc3c(nn2)CCSC3)CC1. The highest BCUT2D eigenvalue weighted by Crippen LogP contribution is 2.25. The van der Waals surface area contributed by atoms with E-state index in [-0.39, 0.29) is 5.56 Å². The second-order valence-electron chi connectivity index (χ2n) is 7.51. The Balaban J connectivity index is 1.18. The molecule has 2 aliphatic rings. The number of thioether (sulfide) groups is 1. The molecular formula is C20H24N8OS. The molecule has 1 fully saturated rings. The van der Waals surface area contributed by atoms with Crippen molar-refractivity contribution in [3.8, 4) is 5.82 Å². The van der Waals surface area contributed by atoms with Gasteiger partial charge in [0.15, 0.2) is 11.6 Å². The number of piperazine rings is 1. The van der Waals surface area contributed by atoms with Gasteiger partial charge >= 0.3 is 0 Å². The first-order valence-corrected chi connectivity index (χ1v) is 11.4. The van der Waals surface area contributed by atoms with Gasteiger partial charge in [-0.25, -0.2) is 9.36 Å². The van der Waals surface area contributed by atoms with Crippen LogP contribution < -0.4 is 10.5 Å². The van der Waals surface area contributed by atoms with E-state index in [1.807, 2.05) is 24.0 Å². The van der Waals surface area contributed by atoms with Crippen molar-refractivity contribution in [3.05, 3.63) is 58.3 Å². The van der Waals surface area contributed by atoms with Crippen LogP contribution in [0.1, 0.15) is 11.3 Å². The summed E-state index contributed by atoms with van der Waals surface area (Å²) in [6, 6.07) is 7.30. The maximum atomic E-state index is 12.2. The monoisotopic (exact) mass is 424 g/mol. The standard InChI is InChI=1S/C20H24N8OS/c29-20-3-2-18(27-6-1-5-21-27)24-28(20)12-9-25-7-10-26(11-8-25)19-14-16-15-30-13-4-17(16)22-23-19/h1-3,5-6,14H,4,7-13,15H2. The van der Waals surface area contributed by atoms with Crippen LogP contribution in [0.5, 0.6) is 0 Å². The lowest BCUT2D eigenvalue weighted by molar-refractivity contribution is 0.242. The molecule has 30 heavy (non-hydrogen) atoms. The maximum Gasteiger partial charge on any atom is 0.266 e. The molecule has 0 atom stereocenters. The van der Waals surface area contributed by atoms with Crippen LogP contribution in [0, 0.1) is 0 Å². The van der Waals surface area contributed by atoms with Gasteiger partial charge in [-0.3, -0.25) is 9.69 Å². The lowest BCUT2D eigenvalue weighted by Gasteiger charge is -2.35. The highest BCUT2D eigenvalue weighted by Gasteiger charge is 2.20. The summed E-state index contributed by atoms with van der Waals surface area (Å²) in [6.45, 7) is 5.04. The number of hydrogen-bond donors (Lipinski definition) is 0. The Morgan fingerprint density at radius 3 is 2.77 bits per heavy atom. The Morgan fingerprint density at radius 2 is 1.93 bits per heavy atom. The third-order valence-corrected chi connectivity index (χ3v) is 6.61. The van der Waals surface area contributed by atoms with E-state index in [1.54, 1.807) is 23.0 Å². The van der Waals surface area contributed by atoms with Crippen LogP contribution in [0.15, 0.2) is 41.5 Å². The van der Waals surface area contributed by atoms with Gasteiger partial charge in [-0.1, -0.05) is 0 Å². The molecule has 0 aliphatic carbocycles. The van der Waals surface area contributed by atoms with Crippen LogP contribution in [0.2, 0.25) is 0 Å². The fraction of sp³-hybridized carbons (Fsp3) is 0.450. The van der Waals surface area contributed by atoms with Gasteiger partial charge in [0.2, 0.25) is 0 Å². The molecule has 10 heteroatoms. The van der Waals surface area contributed by atoms with E-state index in [0.717, 1.165) is 62.2 Å². The summed E-state index contributed by atoms with van der Waals surface area (Å²) < 4.78 is 3.18. The highest BCUT2D eigenvalue weighted by atomic mass is 32.2. The van der Waals surface area contributed by atoms with Crippen molar-refractivity contribution in [2.24, 2.45) is 0 Å². The molecule has 5 rings (SSSR count). The average Bonchev–Trinajstić information content (AvgIpc) is 3.34. The van der Waals surface area contributed by atoms with Gasteiger partial charge in [0, 0.05) is 63.4 Å². The van der Waals surface area contributed by atoms with E-state index >= 15 is 0 Å². The summed E-state index contributed by atoms with van der Waals surface area (Å²) in [6.07, 6.45) is 4.54. The minimum absolute atomic E-state index is 0.0910. The summed E-state index contributed by atoms with van der Waals surface area (Å²) in [5, 5.41) is 17.6. The minimum Gasteiger partial charge on any atom is -0.353 e. The number of anilines is 1. The van der Waals surface area contributed by atoms with Crippen LogP contribution in [0.25, 0.3) is 5.82 Å².